The van der Waals surface area contributed by atoms with Gasteiger partial charge in [0.2, 0.25) is 0 Å². The molecule has 3 heteroatoms. The van der Waals surface area contributed by atoms with Crippen molar-refractivity contribution in [3.8, 4) is 0 Å². The van der Waals surface area contributed by atoms with Crippen molar-refractivity contribution in [3.63, 3.8) is 0 Å². The van der Waals surface area contributed by atoms with E-state index in [1.54, 1.807) is 12.1 Å². The molecule has 1 unspecified atom stereocenters. The van der Waals surface area contributed by atoms with E-state index in [0.29, 0.717) is 5.56 Å². The Labute approximate surface area is 102 Å². The van der Waals surface area contributed by atoms with Crippen molar-refractivity contribution in [1.82, 2.24) is 5.32 Å². The number of nitrogens with one attached hydrogen (secondary N) is 1. The molecule has 0 radical (unpaired) electrons. The van der Waals surface area contributed by atoms with Crippen LogP contribution >= 0.6 is 0 Å². The van der Waals surface area contributed by atoms with Gasteiger partial charge in [0.05, 0.1) is 5.56 Å². The highest BCUT2D eigenvalue weighted by Gasteiger charge is 2.12. The van der Waals surface area contributed by atoms with Gasteiger partial charge in [0, 0.05) is 0 Å². The van der Waals surface area contributed by atoms with Gasteiger partial charge in [0.1, 0.15) is 0 Å². The van der Waals surface area contributed by atoms with Gasteiger partial charge in [0.15, 0.2) is 0 Å². The van der Waals surface area contributed by atoms with Crippen molar-refractivity contribution in [1.29, 1.82) is 0 Å². The monoisotopic (exact) mass is 233 g/mol. The first-order valence-corrected chi connectivity index (χ1v) is 6.28. The molecule has 2 N–H and O–H groups in total. The van der Waals surface area contributed by atoms with Gasteiger partial charge in [-0.05, 0) is 62.4 Å². The van der Waals surface area contributed by atoms with Gasteiger partial charge in [-0.2, -0.15) is 0 Å². The fourth-order valence-corrected chi connectivity index (χ4v) is 2.36. The number of aryl methyl sites for hydroxylation is 1. The predicted molar refractivity (Wildman–Crippen MR) is 67.3 cm³/mol. The number of rotatable bonds is 4. The molecule has 1 aromatic carbocycles. The number of carboxylic acids is 1. The Hall–Kier alpha value is -1.35. The molecule has 1 atom stereocenters. The molecule has 1 aliphatic rings. The van der Waals surface area contributed by atoms with Crippen LogP contribution in [0.4, 0.5) is 0 Å². The maximum absolute atomic E-state index is 10.7. The molecular formula is C14H19NO2. The molecule has 0 spiro atoms. The summed E-state index contributed by atoms with van der Waals surface area (Å²) in [7, 11) is 0. The Morgan fingerprint density at radius 1 is 1.35 bits per heavy atom. The predicted octanol–water partition coefficient (Wildman–Crippen LogP) is 2.32. The van der Waals surface area contributed by atoms with Gasteiger partial charge in [-0.25, -0.2) is 4.79 Å². The third-order valence-corrected chi connectivity index (χ3v) is 3.44. The molecule has 17 heavy (non-hydrogen) atoms. The van der Waals surface area contributed by atoms with Crippen molar-refractivity contribution in [2.24, 2.45) is 5.92 Å². The highest BCUT2D eigenvalue weighted by atomic mass is 16.4. The van der Waals surface area contributed by atoms with E-state index in [4.69, 9.17) is 5.11 Å². The average Bonchev–Trinajstić information content (AvgIpc) is 2.38. The molecule has 0 amide bonds. The number of carboxylic acid groups (broad SMARTS) is 1. The standard InChI is InChI=1S/C14H19NO2/c16-14(17)13-7-5-11(6-8-13)3-4-12-2-1-9-15-10-12/h5-8,12,15H,1-4,9-10H2,(H,16,17). The Balaban J connectivity index is 1.84. The molecule has 1 aliphatic heterocycles. The van der Waals surface area contributed by atoms with Gasteiger partial charge in [0.25, 0.3) is 0 Å². The molecule has 3 nitrogen and oxygen atoms in total. The summed E-state index contributed by atoms with van der Waals surface area (Å²) in [6, 6.07) is 7.24. The Kier molecular flexibility index (Phi) is 4.15. The lowest BCUT2D eigenvalue weighted by atomic mass is 9.92. The molecule has 0 saturated carbocycles. The molecule has 0 aliphatic carbocycles. The fourth-order valence-electron chi connectivity index (χ4n) is 2.36. The van der Waals surface area contributed by atoms with Crippen LogP contribution in [0.15, 0.2) is 24.3 Å². The molecule has 0 aromatic heterocycles. The Morgan fingerprint density at radius 3 is 2.71 bits per heavy atom. The minimum absolute atomic E-state index is 0.369. The van der Waals surface area contributed by atoms with Gasteiger partial charge in [-0.15, -0.1) is 0 Å². The molecule has 0 bridgehead atoms. The lowest BCUT2D eigenvalue weighted by molar-refractivity contribution is 0.0697. The second kappa shape index (κ2) is 5.82. The first-order chi connectivity index (χ1) is 8.25. The van der Waals surface area contributed by atoms with E-state index in [0.717, 1.165) is 25.4 Å². The van der Waals surface area contributed by atoms with Crippen molar-refractivity contribution in [2.75, 3.05) is 13.1 Å². The highest BCUT2D eigenvalue weighted by molar-refractivity contribution is 5.87. The molecule has 92 valence electrons. The molecular weight excluding hydrogens is 214 g/mol. The van der Waals surface area contributed by atoms with E-state index in [-0.39, 0.29) is 0 Å². The smallest absolute Gasteiger partial charge is 0.335 e. The van der Waals surface area contributed by atoms with E-state index >= 15 is 0 Å². The van der Waals surface area contributed by atoms with E-state index in [1.165, 1.54) is 24.8 Å². The van der Waals surface area contributed by atoms with Gasteiger partial charge < -0.3 is 10.4 Å². The summed E-state index contributed by atoms with van der Waals surface area (Å²) < 4.78 is 0. The molecule has 1 saturated heterocycles. The summed E-state index contributed by atoms with van der Waals surface area (Å²) in [6.45, 7) is 2.29. The third-order valence-electron chi connectivity index (χ3n) is 3.44. The molecule has 2 rings (SSSR count). The van der Waals surface area contributed by atoms with Crippen LogP contribution in [0.25, 0.3) is 0 Å². The highest BCUT2D eigenvalue weighted by Crippen LogP contribution is 2.17. The number of benzene rings is 1. The molecule has 1 heterocycles. The number of hydrogen-bond acceptors (Lipinski definition) is 2. The van der Waals surface area contributed by atoms with Crippen LogP contribution < -0.4 is 5.32 Å². The van der Waals surface area contributed by atoms with E-state index in [1.807, 2.05) is 12.1 Å². The first-order valence-electron chi connectivity index (χ1n) is 6.28. The van der Waals surface area contributed by atoms with Gasteiger partial charge >= 0.3 is 5.97 Å². The Morgan fingerprint density at radius 2 is 2.12 bits per heavy atom. The van der Waals surface area contributed by atoms with E-state index in [9.17, 15) is 4.79 Å². The van der Waals surface area contributed by atoms with Gasteiger partial charge in [-0.1, -0.05) is 12.1 Å². The first kappa shape index (κ1) is 12.1. The zero-order valence-electron chi connectivity index (χ0n) is 9.98. The second-order valence-corrected chi connectivity index (χ2v) is 4.75. The quantitative estimate of drug-likeness (QED) is 0.839. The van der Waals surface area contributed by atoms with E-state index in [2.05, 4.69) is 5.32 Å². The topological polar surface area (TPSA) is 49.3 Å². The number of carbonyl (C=O) groups is 1. The third kappa shape index (κ3) is 3.56. The summed E-state index contributed by atoms with van der Waals surface area (Å²) >= 11 is 0. The maximum atomic E-state index is 10.7. The number of hydrogen-bond donors (Lipinski definition) is 2. The zero-order chi connectivity index (χ0) is 12.1. The van der Waals surface area contributed by atoms with Crippen molar-refractivity contribution in [2.45, 2.75) is 25.7 Å². The van der Waals surface area contributed by atoms with Crippen LogP contribution in [0, 0.1) is 5.92 Å². The second-order valence-electron chi connectivity index (χ2n) is 4.75. The van der Waals surface area contributed by atoms with Crippen LogP contribution in [-0.4, -0.2) is 24.2 Å². The SMILES string of the molecule is O=C(O)c1ccc(CCC2CCCNC2)cc1. The summed E-state index contributed by atoms with van der Waals surface area (Å²) in [6.07, 6.45) is 4.84. The normalized spacial score (nSPS) is 20.1. The maximum Gasteiger partial charge on any atom is 0.335 e. The van der Waals surface area contributed by atoms with Crippen LogP contribution in [0.5, 0.6) is 0 Å². The van der Waals surface area contributed by atoms with Crippen molar-refractivity contribution >= 4 is 5.97 Å². The molecule has 1 fully saturated rings. The number of piperidine rings is 1. The van der Waals surface area contributed by atoms with Crippen LogP contribution in [0.2, 0.25) is 0 Å². The lowest BCUT2D eigenvalue weighted by Crippen LogP contribution is -2.29. The zero-order valence-corrected chi connectivity index (χ0v) is 9.98. The molecule has 1 aromatic rings. The number of aromatic carboxylic acids is 1. The summed E-state index contributed by atoms with van der Waals surface area (Å²) in [5.41, 5.74) is 1.61. The van der Waals surface area contributed by atoms with Crippen LogP contribution in [-0.2, 0) is 6.42 Å². The fraction of sp³-hybridized carbons (Fsp3) is 0.500. The summed E-state index contributed by atoms with van der Waals surface area (Å²) in [4.78, 5) is 10.7. The van der Waals surface area contributed by atoms with Crippen molar-refractivity contribution < 1.29 is 9.90 Å². The van der Waals surface area contributed by atoms with Crippen LogP contribution in [0.3, 0.4) is 0 Å². The van der Waals surface area contributed by atoms with E-state index < -0.39 is 5.97 Å². The Bertz CT molecular complexity index is 366. The minimum Gasteiger partial charge on any atom is -0.478 e. The average molecular weight is 233 g/mol. The minimum atomic E-state index is -0.854. The van der Waals surface area contributed by atoms with Gasteiger partial charge in [-0.3, -0.25) is 0 Å². The lowest BCUT2D eigenvalue weighted by Gasteiger charge is -2.22. The summed E-state index contributed by atoms with van der Waals surface area (Å²) in [5.74, 6) is -0.0732. The van der Waals surface area contributed by atoms with Crippen LogP contribution in [0.1, 0.15) is 35.2 Å². The summed E-state index contributed by atoms with van der Waals surface area (Å²) in [5, 5.41) is 12.2. The van der Waals surface area contributed by atoms with Crippen molar-refractivity contribution in [3.05, 3.63) is 35.4 Å². The largest absolute Gasteiger partial charge is 0.478 e.